The maximum atomic E-state index is 8.74. The molecule has 0 radical (unpaired) electrons. The molecule has 3 unspecified atom stereocenters. The Hall–Kier alpha value is -0.160. The largest absolute Gasteiger partial charge is 0.394 e. The van der Waals surface area contributed by atoms with E-state index < -0.39 is 6.10 Å². The number of hydrogen-bond acceptors (Lipinski definition) is 4. The Kier molecular flexibility index (Phi) is 13.7. The molecule has 0 aliphatic rings. The molecule has 0 aromatic carbocycles. The summed E-state index contributed by atoms with van der Waals surface area (Å²) < 4.78 is 0. The van der Waals surface area contributed by atoms with E-state index >= 15 is 0 Å². The highest BCUT2D eigenvalue weighted by Gasteiger charge is 1.99. The van der Waals surface area contributed by atoms with Crippen molar-refractivity contribution in [2.75, 3.05) is 6.61 Å². The molecule has 0 aliphatic heterocycles. The van der Waals surface area contributed by atoms with Crippen LogP contribution >= 0.6 is 0 Å². The van der Waals surface area contributed by atoms with Crippen LogP contribution in [0.4, 0.5) is 0 Å². The van der Waals surface area contributed by atoms with Gasteiger partial charge in [-0.1, -0.05) is 19.8 Å². The Labute approximate surface area is 92.6 Å². The van der Waals surface area contributed by atoms with Crippen molar-refractivity contribution in [3.63, 3.8) is 0 Å². The minimum absolute atomic E-state index is 0.0972. The van der Waals surface area contributed by atoms with Crippen LogP contribution in [0.3, 0.4) is 0 Å². The van der Waals surface area contributed by atoms with Crippen LogP contribution in [0.2, 0.25) is 0 Å². The first-order chi connectivity index (χ1) is 6.93. The lowest BCUT2D eigenvalue weighted by molar-refractivity contribution is 0.0865. The van der Waals surface area contributed by atoms with Gasteiger partial charge in [0.15, 0.2) is 0 Å². The second-order valence-corrected chi connectivity index (χ2v) is 3.91. The highest BCUT2D eigenvalue weighted by atomic mass is 16.3. The fourth-order valence-corrected chi connectivity index (χ4v) is 1.02. The summed E-state index contributed by atoms with van der Waals surface area (Å²) >= 11 is 0. The van der Waals surface area contributed by atoms with Gasteiger partial charge in [0.25, 0.3) is 0 Å². The summed E-state index contributed by atoms with van der Waals surface area (Å²) in [6.07, 6.45) is 2.04. The normalized spacial score (nSPS) is 16.2. The molecular weight excluding hydrogens is 196 g/mol. The van der Waals surface area contributed by atoms with Crippen LogP contribution in [0.5, 0.6) is 0 Å². The number of hydrogen-bond donors (Lipinski definition) is 4. The van der Waals surface area contributed by atoms with Gasteiger partial charge in [-0.25, -0.2) is 0 Å². The van der Waals surface area contributed by atoms with Crippen molar-refractivity contribution in [1.29, 1.82) is 0 Å². The van der Waals surface area contributed by atoms with Crippen LogP contribution in [0.15, 0.2) is 0 Å². The monoisotopic (exact) mass is 222 g/mol. The average molecular weight is 222 g/mol. The second-order valence-electron chi connectivity index (χ2n) is 3.91. The highest BCUT2D eigenvalue weighted by Crippen LogP contribution is 1.97. The van der Waals surface area contributed by atoms with Gasteiger partial charge in [0.05, 0.1) is 24.9 Å². The third-order valence-electron chi connectivity index (χ3n) is 1.78. The minimum atomic E-state index is -0.491. The number of unbranched alkanes of at least 4 members (excludes halogenated alkanes) is 1. The van der Waals surface area contributed by atoms with Crippen LogP contribution < -0.4 is 0 Å². The molecule has 0 heterocycles. The van der Waals surface area contributed by atoms with Crippen molar-refractivity contribution >= 4 is 0 Å². The first-order valence-electron chi connectivity index (χ1n) is 5.59. The molecule has 4 heteroatoms. The smallest absolute Gasteiger partial charge is 0.0770 e. The fraction of sp³-hybridized carbons (Fsp3) is 1.00. The Morgan fingerprint density at radius 3 is 1.67 bits per heavy atom. The zero-order valence-electron chi connectivity index (χ0n) is 10.1. The average Bonchev–Trinajstić information content (AvgIpc) is 2.12. The van der Waals surface area contributed by atoms with Crippen LogP contribution in [-0.4, -0.2) is 45.3 Å². The first kappa shape index (κ1) is 17.2. The SMILES string of the molecule is CC(O)CC(C)O.CCCCC(O)CO. The quantitative estimate of drug-likeness (QED) is 0.532. The first-order valence-corrected chi connectivity index (χ1v) is 5.59. The van der Waals surface area contributed by atoms with Crippen LogP contribution in [-0.2, 0) is 0 Å². The molecular formula is C11H26O4. The summed E-state index contributed by atoms with van der Waals surface area (Å²) in [6, 6.07) is 0. The van der Waals surface area contributed by atoms with Gasteiger partial charge >= 0.3 is 0 Å². The Bertz CT molecular complexity index is 109. The van der Waals surface area contributed by atoms with E-state index in [1.165, 1.54) is 0 Å². The Balaban J connectivity index is 0. The van der Waals surface area contributed by atoms with E-state index in [4.69, 9.17) is 20.4 Å². The van der Waals surface area contributed by atoms with E-state index in [0.717, 1.165) is 19.3 Å². The van der Waals surface area contributed by atoms with E-state index in [1.54, 1.807) is 13.8 Å². The van der Waals surface area contributed by atoms with Crippen LogP contribution in [0.25, 0.3) is 0 Å². The molecule has 0 saturated heterocycles. The summed E-state index contributed by atoms with van der Waals surface area (Å²) in [4.78, 5) is 0. The molecule has 0 bridgehead atoms. The molecule has 0 aliphatic carbocycles. The highest BCUT2D eigenvalue weighted by molar-refractivity contribution is 4.51. The van der Waals surface area contributed by atoms with Gasteiger partial charge in [-0.15, -0.1) is 0 Å². The van der Waals surface area contributed by atoms with E-state index in [9.17, 15) is 0 Å². The molecule has 4 nitrogen and oxygen atoms in total. The molecule has 15 heavy (non-hydrogen) atoms. The lowest BCUT2D eigenvalue weighted by Gasteiger charge is -2.04. The third kappa shape index (κ3) is 20.0. The lowest BCUT2D eigenvalue weighted by atomic mass is 10.2. The van der Waals surface area contributed by atoms with Gasteiger partial charge in [-0.2, -0.15) is 0 Å². The molecule has 94 valence electrons. The van der Waals surface area contributed by atoms with E-state index in [-0.39, 0.29) is 18.8 Å². The predicted molar refractivity (Wildman–Crippen MR) is 60.6 cm³/mol. The zero-order valence-corrected chi connectivity index (χ0v) is 10.1. The molecule has 0 aromatic rings. The van der Waals surface area contributed by atoms with E-state index in [2.05, 4.69) is 6.92 Å². The van der Waals surface area contributed by atoms with Gasteiger partial charge in [0.2, 0.25) is 0 Å². The Morgan fingerprint density at radius 2 is 1.47 bits per heavy atom. The zero-order chi connectivity index (χ0) is 12.3. The van der Waals surface area contributed by atoms with Gasteiger partial charge in [-0.3, -0.25) is 0 Å². The fourth-order valence-electron chi connectivity index (χ4n) is 1.02. The van der Waals surface area contributed by atoms with Crippen molar-refractivity contribution in [3.05, 3.63) is 0 Å². The number of aliphatic hydroxyl groups excluding tert-OH is 4. The minimum Gasteiger partial charge on any atom is -0.394 e. The van der Waals surface area contributed by atoms with Crippen LogP contribution in [0, 0.1) is 0 Å². The second kappa shape index (κ2) is 11.9. The summed E-state index contributed by atoms with van der Waals surface area (Å²) in [5, 5.41) is 34.2. The summed E-state index contributed by atoms with van der Waals surface area (Å²) in [6.45, 7) is 5.28. The Morgan fingerprint density at radius 1 is 1.00 bits per heavy atom. The molecule has 0 spiro atoms. The van der Waals surface area contributed by atoms with Crippen LogP contribution in [0.1, 0.15) is 46.5 Å². The number of rotatable bonds is 6. The molecule has 4 N–H and O–H groups in total. The summed E-state index contributed by atoms with van der Waals surface area (Å²) in [5.74, 6) is 0. The summed E-state index contributed by atoms with van der Waals surface area (Å²) in [5.41, 5.74) is 0. The van der Waals surface area contributed by atoms with Gasteiger partial charge < -0.3 is 20.4 Å². The molecule has 0 aromatic heterocycles. The van der Waals surface area contributed by atoms with Crippen molar-refractivity contribution in [1.82, 2.24) is 0 Å². The van der Waals surface area contributed by atoms with Crippen molar-refractivity contribution in [2.24, 2.45) is 0 Å². The van der Waals surface area contributed by atoms with Gasteiger partial charge in [0, 0.05) is 0 Å². The van der Waals surface area contributed by atoms with Crippen molar-refractivity contribution in [3.8, 4) is 0 Å². The molecule has 0 amide bonds. The molecule has 0 fully saturated rings. The topological polar surface area (TPSA) is 80.9 Å². The van der Waals surface area contributed by atoms with Crippen molar-refractivity contribution < 1.29 is 20.4 Å². The van der Waals surface area contributed by atoms with E-state index in [1.807, 2.05) is 0 Å². The predicted octanol–water partition coefficient (Wildman–Crippen LogP) is 0.668. The molecule has 0 rings (SSSR count). The standard InChI is InChI=1S/C6H14O2.C5H12O2/c1-2-3-4-6(8)5-7;1-4(6)3-5(2)7/h6-8H,2-5H2,1H3;4-7H,3H2,1-2H3. The third-order valence-corrected chi connectivity index (χ3v) is 1.78. The molecule has 0 saturated carbocycles. The summed E-state index contributed by atoms with van der Waals surface area (Å²) in [7, 11) is 0. The van der Waals surface area contributed by atoms with Crippen molar-refractivity contribution in [2.45, 2.75) is 64.8 Å². The van der Waals surface area contributed by atoms with E-state index in [0.29, 0.717) is 6.42 Å². The maximum Gasteiger partial charge on any atom is 0.0770 e. The maximum absolute atomic E-state index is 8.74. The molecule has 3 atom stereocenters. The van der Waals surface area contributed by atoms with Gasteiger partial charge in [-0.05, 0) is 26.7 Å². The van der Waals surface area contributed by atoms with Gasteiger partial charge in [0.1, 0.15) is 0 Å². The number of aliphatic hydroxyl groups is 4. The lowest BCUT2D eigenvalue weighted by Crippen LogP contribution is -2.10.